The Morgan fingerprint density at radius 3 is 2.12 bits per heavy atom. The third-order valence-electron chi connectivity index (χ3n) is 1.82. The van der Waals surface area contributed by atoms with Crippen LogP contribution in [0.1, 0.15) is 0 Å². The average Bonchev–Trinajstić information content (AvgIpc) is 2.92. The van der Waals surface area contributed by atoms with Crippen molar-refractivity contribution < 1.29 is 37.2 Å². The van der Waals surface area contributed by atoms with E-state index in [9.17, 15) is 15.0 Å². The van der Waals surface area contributed by atoms with Crippen LogP contribution in [0.4, 0.5) is 0 Å². The van der Waals surface area contributed by atoms with Gasteiger partial charge in [0.2, 0.25) is 0 Å². The van der Waals surface area contributed by atoms with Crippen molar-refractivity contribution in [2.24, 2.45) is 0 Å². The van der Waals surface area contributed by atoms with Crippen molar-refractivity contribution in [3.8, 4) is 0 Å². The molecule has 0 unspecified atom stereocenters. The largest absolute Gasteiger partial charge is 3.00 e. The number of aliphatic hydroxyl groups is 1. The number of aliphatic hydroxyl groups excluding tert-OH is 1. The van der Waals surface area contributed by atoms with Gasteiger partial charge in [-0.1, -0.05) is 18.2 Å². The van der Waals surface area contributed by atoms with Crippen LogP contribution < -0.4 is 10.2 Å². The Balaban J connectivity index is 0.000000360. The van der Waals surface area contributed by atoms with Crippen LogP contribution in [0.2, 0.25) is 0 Å². The summed E-state index contributed by atoms with van der Waals surface area (Å²) in [5, 5.41) is 28.9. The monoisotopic (exact) mass is 273 g/mol. The van der Waals surface area contributed by atoms with Crippen molar-refractivity contribution in [2.75, 3.05) is 0 Å². The van der Waals surface area contributed by atoms with Gasteiger partial charge >= 0.3 is 17.1 Å². The van der Waals surface area contributed by atoms with Gasteiger partial charge < -0.3 is 20.1 Å². The van der Waals surface area contributed by atoms with Gasteiger partial charge in [-0.15, -0.1) is 0 Å². The molecule has 0 spiro atoms. The summed E-state index contributed by atoms with van der Waals surface area (Å²) in [6.07, 6.45) is 3.76. The summed E-state index contributed by atoms with van der Waals surface area (Å²) in [4.78, 5) is 10.2. The van der Waals surface area contributed by atoms with Gasteiger partial charge in [-0.3, -0.25) is 0 Å². The van der Waals surface area contributed by atoms with Crippen LogP contribution in [0.3, 0.4) is 0 Å². The second-order valence-corrected chi connectivity index (χ2v) is 2.91. The summed E-state index contributed by atoms with van der Waals surface area (Å²) in [5.74, 6) is -2.72. The van der Waals surface area contributed by atoms with Crippen LogP contribution in [0.25, 0.3) is 0 Å². The Kier molecular flexibility index (Phi) is 6.63. The van der Waals surface area contributed by atoms with Crippen LogP contribution in [-0.4, -0.2) is 11.1 Å². The summed E-state index contributed by atoms with van der Waals surface area (Å²) in [5.41, 5.74) is -0.512. The maximum absolute atomic E-state index is 10.3. The van der Waals surface area contributed by atoms with E-state index in [1.807, 2.05) is 30.3 Å². The minimum atomic E-state index is -1.47. The summed E-state index contributed by atoms with van der Waals surface area (Å²) in [6, 6.07) is 10.0. The van der Waals surface area contributed by atoms with Crippen LogP contribution in [0.5, 0.6) is 0 Å². The normalized spacial score (nSPS) is 15.2. The average molecular weight is 273 g/mol. The minimum Gasteiger partial charge on any atom is -0.629 e. The van der Waals surface area contributed by atoms with Gasteiger partial charge in [0.25, 0.3) is 0 Å². The van der Waals surface area contributed by atoms with E-state index in [-0.39, 0.29) is 28.2 Å². The van der Waals surface area contributed by atoms with Crippen molar-refractivity contribution in [3.05, 3.63) is 65.7 Å². The summed E-state index contributed by atoms with van der Waals surface area (Å²) < 4.78 is 0. The molecular formula is C12H9FeO4. The Bertz CT molecular complexity index is 420. The molecule has 0 fully saturated rings. The number of hydrogen-bond acceptors (Lipinski definition) is 4. The maximum Gasteiger partial charge on any atom is 3.00 e. The molecule has 0 aliphatic heterocycles. The molecule has 0 saturated carbocycles. The fourth-order valence-corrected chi connectivity index (χ4v) is 1.11. The van der Waals surface area contributed by atoms with Crippen LogP contribution in [-0.2, 0) is 21.9 Å². The minimum absolute atomic E-state index is 0. The Morgan fingerprint density at radius 2 is 1.82 bits per heavy atom. The SMILES string of the molecule is O=C([O-])C1=CC=C/C1=C(/[O-])O.[Fe+3].c1cc[cH-]c1. The first kappa shape index (κ1) is 15.2. The molecule has 89 valence electrons. The van der Waals surface area contributed by atoms with E-state index < -0.39 is 11.9 Å². The summed E-state index contributed by atoms with van der Waals surface area (Å²) in [6.45, 7) is 0. The molecule has 1 aliphatic rings. The number of carbonyl (C=O) groups is 1. The van der Waals surface area contributed by atoms with Gasteiger partial charge in [-0.05, 0) is 0 Å². The first-order valence-corrected chi connectivity index (χ1v) is 4.50. The molecule has 17 heavy (non-hydrogen) atoms. The predicted molar refractivity (Wildman–Crippen MR) is 53.9 cm³/mol. The molecule has 1 aliphatic carbocycles. The Hall–Kier alpha value is -1.84. The maximum atomic E-state index is 10.3. The zero-order valence-corrected chi connectivity index (χ0v) is 9.75. The molecule has 0 saturated heterocycles. The first-order valence-electron chi connectivity index (χ1n) is 4.50. The van der Waals surface area contributed by atoms with Gasteiger partial charge in [-0.25, -0.2) is 12.1 Å². The first-order chi connectivity index (χ1) is 7.63. The Morgan fingerprint density at radius 1 is 1.24 bits per heavy atom. The molecule has 0 atom stereocenters. The predicted octanol–water partition coefficient (Wildman–Crippen LogP) is -0.235. The molecule has 1 radical (unpaired) electrons. The van der Waals surface area contributed by atoms with E-state index in [2.05, 4.69) is 0 Å². The van der Waals surface area contributed by atoms with Crippen molar-refractivity contribution >= 4 is 5.97 Å². The Labute approximate surface area is 109 Å². The van der Waals surface area contributed by atoms with Crippen molar-refractivity contribution in [1.82, 2.24) is 0 Å². The second kappa shape index (κ2) is 7.44. The third kappa shape index (κ3) is 4.68. The number of carboxylic acids is 1. The number of allylic oxidation sites excluding steroid dienone is 3. The van der Waals surface area contributed by atoms with Crippen LogP contribution >= 0.6 is 0 Å². The fourth-order valence-electron chi connectivity index (χ4n) is 1.11. The molecule has 5 heteroatoms. The van der Waals surface area contributed by atoms with Crippen LogP contribution in [0, 0.1) is 0 Å². The third-order valence-corrected chi connectivity index (χ3v) is 1.82. The molecule has 4 nitrogen and oxygen atoms in total. The molecule has 2 rings (SSSR count). The number of rotatable bonds is 1. The van der Waals surface area contributed by atoms with E-state index in [0.29, 0.717) is 0 Å². The topological polar surface area (TPSA) is 83.4 Å². The van der Waals surface area contributed by atoms with E-state index in [4.69, 9.17) is 5.11 Å². The van der Waals surface area contributed by atoms with E-state index >= 15 is 0 Å². The number of aliphatic carboxylic acids is 1. The zero-order chi connectivity index (χ0) is 12.0. The quantitative estimate of drug-likeness (QED) is 0.435. The van der Waals surface area contributed by atoms with E-state index in [1.54, 1.807) is 0 Å². The molecule has 1 aromatic rings. The van der Waals surface area contributed by atoms with Crippen molar-refractivity contribution in [2.45, 2.75) is 0 Å². The van der Waals surface area contributed by atoms with Crippen molar-refractivity contribution in [3.63, 3.8) is 0 Å². The van der Waals surface area contributed by atoms with Crippen molar-refractivity contribution in [1.29, 1.82) is 0 Å². The standard InChI is InChI=1S/C7H6O4.C5H5.Fe/c8-6(9)4-2-1-3-5(4)7(10)11;1-2-4-5-3-1;/h1-3,8-9H,(H,10,11);1-5H;/q;-1;+3/p-2. The smallest absolute Gasteiger partial charge is 0.629 e. The van der Waals surface area contributed by atoms with Gasteiger partial charge in [0.1, 0.15) is 0 Å². The molecule has 1 N–H and O–H groups in total. The van der Waals surface area contributed by atoms with Gasteiger partial charge in [0.05, 0.1) is 11.9 Å². The summed E-state index contributed by atoms with van der Waals surface area (Å²) >= 11 is 0. The fraction of sp³-hybridized carbons (Fsp3) is 0. The number of carboxylic acid groups (broad SMARTS) is 1. The van der Waals surface area contributed by atoms with E-state index in [0.717, 1.165) is 0 Å². The van der Waals surface area contributed by atoms with Gasteiger partial charge in [0, 0.05) is 11.1 Å². The molecular weight excluding hydrogens is 264 g/mol. The van der Waals surface area contributed by atoms with E-state index in [1.165, 1.54) is 18.2 Å². The second-order valence-electron chi connectivity index (χ2n) is 2.91. The van der Waals surface area contributed by atoms with Gasteiger partial charge in [0.15, 0.2) is 0 Å². The number of carbonyl (C=O) groups excluding carboxylic acids is 1. The molecule has 1 aromatic carbocycles. The molecule has 0 bridgehead atoms. The van der Waals surface area contributed by atoms with Crippen LogP contribution in [0.15, 0.2) is 65.7 Å². The zero-order valence-electron chi connectivity index (χ0n) is 8.64. The summed E-state index contributed by atoms with van der Waals surface area (Å²) in [7, 11) is 0. The van der Waals surface area contributed by atoms with Gasteiger partial charge in [-0.2, -0.15) is 18.2 Å². The molecule has 0 heterocycles. The molecule has 0 amide bonds. The molecule has 0 aromatic heterocycles. The number of hydrogen-bond donors (Lipinski definition) is 1.